The van der Waals surface area contributed by atoms with Gasteiger partial charge in [-0.15, -0.1) is 0 Å². The van der Waals surface area contributed by atoms with Gasteiger partial charge in [0.25, 0.3) is 5.56 Å². The first kappa shape index (κ1) is 14.3. The van der Waals surface area contributed by atoms with Gasteiger partial charge in [-0.05, 0) is 12.3 Å². The Morgan fingerprint density at radius 3 is 2.86 bits per heavy atom. The van der Waals surface area contributed by atoms with Crippen molar-refractivity contribution in [2.45, 2.75) is 44.6 Å². The number of H-pyrrole nitrogens is 1. The molecule has 6 heteroatoms. The molecular formula is C15H22N4O2. The Morgan fingerprint density at radius 1 is 1.38 bits per heavy atom. The lowest BCUT2D eigenvalue weighted by atomic mass is 10.0. The third-order valence-electron chi connectivity index (χ3n) is 4.38. The number of hydrogen-bond acceptors (Lipinski definition) is 5. The molecule has 1 aliphatic heterocycles. The van der Waals surface area contributed by atoms with Crippen LogP contribution in [-0.4, -0.2) is 35.4 Å². The van der Waals surface area contributed by atoms with E-state index in [2.05, 4.69) is 15.3 Å². The van der Waals surface area contributed by atoms with Crippen molar-refractivity contribution in [2.24, 2.45) is 5.92 Å². The highest BCUT2D eigenvalue weighted by atomic mass is 16.5. The van der Waals surface area contributed by atoms with Gasteiger partial charge in [0.15, 0.2) is 0 Å². The van der Waals surface area contributed by atoms with E-state index >= 15 is 0 Å². The number of rotatable bonds is 5. The number of nitrogens with one attached hydrogen (secondary N) is 3. The molecule has 1 atom stereocenters. The SMILES string of the molecule is N=Cc1c(NC2CCOC2)nc(CC2CCCC2)[nH]c1=O. The predicted octanol–water partition coefficient (Wildman–Crippen LogP) is 1.70. The van der Waals surface area contributed by atoms with Crippen LogP contribution < -0.4 is 10.9 Å². The fraction of sp³-hybridized carbons (Fsp3) is 0.667. The smallest absolute Gasteiger partial charge is 0.261 e. The third kappa shape index (κ3) is 3.32. The maximum atomic E-state index is 12.1. The average Bonchev–Trinajstić information content (AvgIpc) is 3.12. The Morgan fingerprint density at radius 2 is 2.19 bits per heavy atom. The van der Waals surface area contributed by atoms with Crippen LogP contribution >= 0.6 is 0 Å². The van der Waals surface area contributed by atoms with Gasteiger partial charge in [0.1, 0.15) is 11.6 Å². The lowest BCUT2D eigenvalue weighted by molar-refractivity contribution is 0.195. The molecule has 0 amide bonds. The van der Waals surface area contributed by atoms with Crippen LogP contribution in [0, 0.1) is 11.3 Å². The van der Waals surface area contributed by atoms with E-state index in [1.807, 2.05) is 0 Å². The molecule has 3 rings (SSSR count). The quantitative estimate of drug-likeness (QED) is 0.720. The second-order valence-electron chi connectivity index (χ2n) is 5.98. The lowest BCUT2D eigenvalue weighted by Gasteiger charge is -2.15. The van der Waals surface area contributed by atoms with E-state index in [0.717, 1.165) is 31.5 Å². The summed E-state index contributed by atoms with van der Waals surface area (Å²) in [7, 11) is 0. The van der Waals surface area contributed by atoms with E-state index < -0.39 is 0 Å². The zero-order chi connectivity index (χ0) is 14.7. The summed E-state index contributed by atoms with van der Waals surface area (Å²) < 4.78 is 5.34. The topological polar surface area (TPSA) is 90.9 Å². The van der Waals surface area contributed by atoms with Crippen molar-refractivity contribution in [2.75, 3.05) is 18.5 Å². The van der Waals surface area contributed by atoms with Crippen LogP contribution in [0.1, 0.15) is 43.5 Å². The van der Waals surface area contributed by atoms with Crippen molar-refractivity contribution in [3.8, 4) is 0 Å². The van der Waals surface area contributed by atoms with Crippen molar-refractivity contribution in [3.05, 3.63) is 21.7 Å². The van der Waals surface area contributed by atoms with E-state index in [9.17, 15) is 4.79 Å². The van der Waals surface area contributed by atoms with Crippen LogP contribution in [0.2, 0.25) is 0 Å². The molecule has 114 valence electrons. The van der Waals surface area contributed by atoms with Crippen LogP contribution in [0.5, 0.6) is 0 Å². The molecule has 0 aromatic carbocycles. The molecule has 2 fully saturated rings. The number of aromatic nitrogens is 2. The molecule has 1 aliphatic carbocycles. The highest BCUT2D eigenvalue weighted by Gasteiger charge is 2.21. The minimum absolute atomic E-state index is 0.178. The van der Waals surface area contributed by atoms with Crippen LogP contribution in [0.15, 0.2) is 4.79 Å². The first-order valence-corrected chi connectivity index (χ1v) is 7.74. The maximum Gasteiger partial charge on any atom is 0.261 e. The average molecular weight is 290 g/mol. The van der Waals surface area contributed by atoms with Gasteiger partial charge in [0, 0.05) is 19.2 Å². The second-order valence-corrected chi connectivity index (χ2v) is 5.98. The van der Waals surface area contributed by atoms with Crippen LogP contribution in [-0.2, 0) is 11.2 Å². The predicted molar refractivity (Wildman–Crippen MR) is 81.3 cm³/mol. The lowest BCUT2D eigenvalue weighted by Crippen LogP contribution is -2.26. The summed E-state index contributed by atoms with van der Waals surface area (Å²) in [4.78, 5) is 19.5. The molecule has 2 heterocycles. The van der Waals surface area contributed by atoms with E-state index in [4.69, 9.17) is 10.1 Å². The molecule has 0 bridgehead atoms. The highest BCUT2D eigenvalue weighted by Crippen LogP contribution is 2.27. The van der Waals surface area contributed by atoms with Gasteiger partial charge in [0.2, 0.25) is 0 Å². The Hall–Kier alpha value is -1.69. The molecule has 1 unspecified atom stereocenters. The summed E-state index contributed by atoms with van der Waals surface area (Å²) >= 11 is 0. The zero-order valence-electron chi connectivity index (χ0n) is 12.2. The van der Waals surface area contributed by atoms with Gasteiger partial charge in [-0.1, -0.05) is 25.7 Å². The standard InChI is InChI=1S/C15H22N4O2/c16-8-12-14(17-11-5-6-21-9-11)18-13(19-15(12)20)7-10-3-1-2-4-10/h8,10-11,16H,1-7,9H2,(H2,17,18,19,20). The molecule has 21 heavy (non-hydrogen) atoms. The first-order chi connectivity index (χ1) is 10.3. The minimum Gasteiger partial charge on any atom is -0.379 e. The van der Waals surface area contributed by atoms with Crippen molar-refractivity contribution in [1.82, 2.24) is 9.97 Å². The molecular weight excluding hydrogens is 268 g/mol. The Kier molecular flexibility index (Phi) is 4.34. The van der Waals surface area contributed by atoms with Gasteiger partial charge in [-0.3, -0.25) is 4.79 Å². The Labute approximate surface area is 123 Å². The zero-order valence-corrected chi connectivity index (χ0v) is 12.2. The number of aromatic amines is 1. The summed E-state index contributed by atoms with van der Waals surface area (Å²) in [5.41, 5.74) is 0.0754. The van der Waals surface area contributed by atoms with Crippen molar-refractivity contribution in [1.29, 1.82) is 5.41 Å². The molecule has 0 spiro atoms. The van der Waals surface area contributed by atoms with Gasteiger partial charge < -0.3 is 20.4 Å². The monoisotopic (exact) mass is 290 g/mol. The van der Waals surface area contributed by atoms with E-state index in [1.165, 1.54) is 25.7 Å². The largest absolute Gasteiger partial charge is 0.379 e. The number of anilines is 1. The highest BCUT2D eigenvalue weighted by molar-refractivity contribution is 5.83. The molecule has 0 radical (unpaired) electrons. The van der Waals surface area contributed by atoms with Gasteiger partial charge >= 0.3 is 0 Å². The fourth-order valence-corrected chi connectivity index (χ4v) is 3.20. The fourth-order valence-electron chi connectivity index (χ4n) is 3.20. The van der Waals surface area contributed by atoms with E-state index in [1.54, 1.807) is 0 Å². The molecule has 6 nitrogen and oxygen atoms in total. The second kappa shape index (κ2) is 6.39. The third-order valence-corrected chi connectivity index (χ3v) is 4.38. The number of ether oxygens (including phenoxy) is 1. The molecule has 1 aromatic rings. The molecule has 1 aromatic heterocycles. The van der Waals surface area contributed by atoms with Crippen LogP contribution in [0.4, 0.5) is 5.82 Å². The normalized spacial score (nSPS) is 22.6. The minimum atomic E-state index is -0.227. The van der Waals surface area contributed by atoms with Gasteiger partial charge in [-0.25, -0.2) is 4.98 Å². The molecule has 3 N–H and O–H groups in total. The van der Waals surface area contributed by atoms with Crippen LogP contribution in [0.3, 0.4) is 0 Å². The summed E-state index contributed by atoms with van der Waals surface area (Å²) in [5.74, 6) is 1.89. The molecule has 1 saturated carbocycles. The maximum absolute atomic E-state index is 12.1. The van der Waals surface area contributed by atoms with Gasteiger partial charge in [0.05, 0.1) is 18.2 Å². The first-order valence-electron chi connectivity index (χ1n) is 7.74. The van der Waals surface area contributed by atoms with Crippen LogP contribution in [0.25, 0.3) is 0 Å². The van der Waals surface area contributed by atoms with E-state index in [0.29, 0.717) is 23.9 Å². The molecule has 1 saturated heterocycles. The summed E-state index contributed by atoms with van der Waals surface area (Å²) in [5, 5.41) is 10.7. The Bertz CT molecular complexity index is 557. The molecule has 2 aliphatic rings. The van der Waals surface area contributed by atoms with Crippen molar-refractivity contribution < 1.29 is 4.74 Å². The van der Waals surface area contributed by atoms with Crippen molar-refractivity contribution >= 4 is 12.0 Å². The number of hydrogen-bond donors (Lipinski definition) is 3. The van der Waals surface area contributed by atoms with Crippen molar-refractivity contribution in [3.63, 3.8) is 0 Å². The Balaban J connectivity index is 1.82. The van der Waals surface area contributed by atoms with E-state index in [-0.39, 0.29) is 11.6 Å². The summed E-state index contributed by atoms with van der Waals surface area (Å²) in [6.45, 7) is 1.36. The van der Waals surface area contributed by atoms with Gasteiger partial charge in [-0.2, -0.15) is 0 Å². The summed E-state index contributed by atoms with van der Waals surface area (Å²) in [6, 6.07) is 0.178. The summed E-state index contributed by atoms with van der Waals surface area (Å²) in [6.07, 6.45) is 7.79. The number of nitrogens with zero attached hydrogens (tertiary/aromatic N) is 1.